The Labute approximate surface area is 121 Å². The molecule has 2 aromatic rings. The minimum absolute atomic E-state index is 0.0430. The predicted octanol–water partition coefficient (Wildman–Crippen LogP) is 3.36. The maximum absolute atomic E-state index is 11.8. The van der Waals surface area contributed by atoms with Gasteiger partial charge in [0.2, 0.25) is 0 Å². The van der Waals surface area contributed by atoms with Crippen LogP contribution in [0.4, 0.5) is 0 Å². The van der Waals surface area contributed by atoms with Crippen LogP contribution in [0.1, 0.15) is 21.7 Å². The van der Waals surface area contributed by atoms with Gasteiger partial charge < -0.3 is 5.32 Å². The van der Waals surface area contributed by atoms with Gasteiger partial charge in [0, 0.05) is 23.8 Å². The zero-order valence-corrected chi connectivity index (χ0v) is 12.4. The van der Waals surface area contributed by atoms with Crippen LogP contribution in [0, 0.1) is 6.92 Å². The summed E-state index contributed by atoms with van der Waals surface area (Å²) in [7, 11) is 0. The lowest BCUT2D eigenvalue weighted by atomic mass is 10.3. The molecule has 100 valence electrons. The molecule has 0 fully saturated rings. The topological polar surface area (TPSA) is 42.0 Å². The molecule has 1 amide bonds. The molecule has 0 aromatic carbocycles. The fourth-order valence-electron chi connectivity index (χ4n) is 1.58. The van der Waals surface area contributed by atoms with Gasteiger partial charge in [-0.3, -0.25) is 9.78 Å². The highest BCUT2D eigenvalue weighted by Crippen LogP contribution is 2.17. The summed E-state index contributed by atoms with van der Waals surface area (Å²) < 4.78 is 0. The number of nitrogens with zero attached hydrogens (tertiary/aromatic N) is 1. The fourth-order valence-corrected chi connectivity index (χ4v) is 3.26. The van der Waals surface area contributed by atoms with Crippen molar-refractivity contribution in [3.8, 4) is 0 Å². The molecule has 2 heterocycles. The first kappa shape index (κ1) is 14.1. The molecule has 0 atom stereocenters. The third kappa shape index (κ3) is 4.36. The van der Waals surface area contributed by atoms with Crippen LogP contribution >= 0.6 is 23.1 Å². The van der Waals surface area contributed by atoms with Gasteiger partial charge in [-0.1, -0.05) is 0 Å². The third-order valence-corrected chi connectivity index (χ3v) is 4.71. The van der Waals surface area contributed by atoms with E-state index in [4.69, 9.17) is 0 Å². The average Bonchev–Trinajstić information content (AvgIpc) is 2.86. The van der Waals surface area contributed by atoms with Gasteiger partial charge in [-0.25, -0.2) is 0 Å². The highest BCUT2D eigenvalue weighted by Gasteiger charge is 2.08. The van der Waals surface area contributed by atoms with Gasteiger partial charge in [0.05, 0.1) is 4.88 Å². The van der Waals surface area contributed by atoms with Gasteiger partial charge >= 0.3 is 0 Å². The Bertz CT molecular complexity index is 525. The Hall–Kier alpha value is -1.33. The van der Waals surface area contributed by atoms with Crippen LogP contribution in [-0.4, -0.2) is 23.2 Å². The molecule has 2 rings (SSSR count). The molecule has 1 N–H and O–H groups in total. The van der Waals surface area contributed by atoms with Crippen molar-refractivity contribution in [3.63, 3.8) is 0 Å². The lowest BCUT2D eigenvalue weighted by Gasteiger charge is -2.04. The molecule has 0 saturated heterocycles. The van der Waals surface area contributed by atoms with Crippen molar-refractivity contribution in [2.75, 3.05) is 12.3 Å². The van der Waals surface area contributed by atoms with Gasteiger partial charge in [-0.2, -0.15) is 0 Å². The van der Waals surface area contributed by atoms with E-state index in [0.29, 0.717) is 6.54 Å². The van der Waals surface area contributed by atoms with Crippen molar-refractivity contribution < 1.29 is 4.79 Å². The Morgan fingerprint density at radius 3 is 2.84 bits per heavy atom. The molecule has 0 saturated carbocycles. The van der Waals surface area contributed by atoms with Crippen molar-refractivity contribution in [2.45, 2.75) is 18.2 Å². The maximum atomic E-state index is 11.8. The summed E-state index contributed by atoms with van der Waals surface area (Å²) >= 11 is 3.28. The molecule has 0 spiro atoms. The van der Waals surface area contributed by atoms with Crippen LogP contribution in [0.3, 0.4) is 0 Å². The second-order valence-corrected chi connectivity index (χ2v) is 6.16. The molecular weight excluding hydrogens is 276 g/mol. The maximum Gasteiger partial charge on any atom is 0.261 e. The summed E-state index contributed by atoms with van der Waals surface area (Å²) in [5.41, 5.74) is 1.05. The van der Waals surface area contributed by atoms with Gasteiger partial charge in [0.15, 0.2) is 0 Å². The van der Waals surface area contributed by atoms with Crippen LogP contribution in [0.15, 0.2) is 40.9 Å². The Morgan fingerprint density at radius 1 is 1.37 bits per heavy atom. The zero-order valence-electron chi connectivity index (χ0n) is 10.8. The van der Waals surface area contributed by atoms with E-state index in [2.05, 4.69) is 10.3 Å². The SMILES string of the molecule is Cc1ccsc1C(=O)NCCCSc1ccncc1. The van der Waals surface area contributed by atoms with Gasteiger partial charge in [-0.15, -0.1) is 23.1 Å². The second kappa shape index (κ2) is 7.31. The van der Waals surface area contributed by atoms with E-state index in [-0.39, 0.29) is 5.91 Å². The molecule has 19 heavy (non-hydrogen) atoms. The summed E-state index contributed by atoms with van der Waals surface area (Å²) in [4.78, 5) is 17.9. The molecule has 0 aliphatic carbocycles. The molecule has 0 bridgehead atoms. The predicted molar refractivity (Wildman–Crippen MR) is 81.0 cm³/mol. The first-order valence-electron chi connectivity index (χ1n) is 6.12. The fraction of sp³-hybridized carbons (Fsp3) is 0.286. The van der Waals surface area contributed by atoms with Crippen molar-refractivity contribution >= 4 is 29.0 Å². The number of thioether (sulfide) groups is 1. The van der Waals surface area contributed by atoms with Crippen LogP contribution in [-0.2, 0) is 0 Å². The molecule has 2 aromatic heterocycles. The summed E-state index contributed by atoms with van der Waals surface area (Å²) in [6.07, 6.45) is 4.55. The number of aromatic nitrogens is 1. The number of hydrogen-bond donors (Lipinski definition) is 1. The van der Waals surface area contributed by atoms with Crippen LogP contribution in [0.5, 0.6) is 0 Å². The van der Waals surface area contributed by atoms with E-state index in [9.17, 15) is 4.79 Å². The lowest BCUT2D eigenvalue weighted by molar-refractivity contribution is 0.0957. The quantitative estimate of drug-likeness (QED) is 0.655. The first-order chi connectivity index (χ1) is 9.27. The average molecular weight is 292 g/mol. The van der Waals surface area contributed by atoms with Crippen molar-refractivity contribution in [3.05, 3.63) is 46.4 Å². The number of amides is 1. The lowest BCUT2D eigenvalue weighted by Crippen LogP contribution is -2.24. The molecule has 3 nitrogen and oxygen atoms in total. The number of pyridine rings is 1. The van der Waals surface area contributed by atoms with E-state index in [1.807, 2.05) is 30.5 Å². The first-order valence-corrected chi connectivity index (χ1v) is 7.99. The Balaban J connectivity index is 1.65. The van der Waals surface area contributed by atoms with E-state index in [0.717, 1.165) is 22.6 Å². The minimum Gasteiger partial charge on any atom is -0.351 e. The van der Waals surface area contributed by atoms with Crippen molar-refractivity contribution in [2.24, 2.45) is 0 Å². The van der Waals surface area contributed by atoms with E-state index >= 15 is 0 Å². The molecule has 0 aliphatic rings. The summed E-state index contributed by atoms with van der Waals surface area (Å²) in [6.45, 7) is 2.68. The van der Waals surface area contributed by atoms with E-state index in [1.54, 1.807) is 24.2 Å². The largest absolute Gasteiger partial charge is 0.351 e. The third-order valence-electron chi connectivity index (χ3n) is 2.59. The highest BCUT2D eigenvalue weighted by molar-refractivity contribution is 7.99. The van der Waals surface area contributed by atoms with Gasteiger partial charge in [-0.05, 0) is 48.2 Å². The van der Waals surface area contributed by atoms with Crippen LogP contribution in [0.25, 0.3) is 0 Å². The smallest absolute Gasteiger partial charge is 0.261 e. The molecule has 0 radical (unpaired) electrons. The minimum atomic E-state index is 0.0430. The van der Waals surface area contributed by atoms with Crippen LogP contribution < -0.4 is 5.32 Å². The molecule has 0 aliphatic heterocycles. The molecular formula is C14H16N2OS2. The number of aryl methyl sites for hydroxylation is 1. The number of carbonyl (C=O) groups excluding carboxylic acids is 1. The number of rotatable bonds is 6. The van der Waals surface area contributed by atoms with Crippen molar-refractivity contribution in [1.82, 2.24) is 10.3 Å². The number of carbonyl (C=O) groups is 1. The van der Waals surface area contributed by atoms with Crippen LogP contribution in [0.2, 0.25) is 0 Å². The molecule has 5 heteroatoms. The van der Waals surface area contributed by atoms with E-state index in [1.165, 1.54) is 16.2 Å². The Kier molecular flexibility index (Phi) is 5.42. The van der Waals surface area contributed by atoms with Gasteiger partial charge in [0.25, 0.3) is 5.91 Å². The van der Waals surface area contributed by atoms with E-state index < -0.39 is 0 Å². The zero-order chi connectivity index (χ0) is 13.5. The highest BCUT2D eigenvalue weighted by atomic mass is 32.2. The Morgan fingerprint density at radius 2 is 2.16 bits per heavy atom. The summed E-state index contributed by atoms with van der Waals surface area (Å²) in [6, 6.07) is 5.97. The second-order valence-electron chi connectivity index (χ2n) is 4.07. The van der Waals surface area contributed by atoms with Crippen molar-refractivity contribution in [1.29, 1.82) is 0 Å². The molecule has 0 unspecified atom stereocenters. The summed E-state index contributed by atoms with van der Waals surface area (Å²) in [5.74, 6) is 1.04. The monoisotopic (exact) mass is 292 g/mol. The number of nitrogens with one attached hydrogen (secondary N) is 1. The normalized spacial score (nSPS) is 10.4. The number of thiophene rings is 1. The standard InChI is InChI=1S/C14H16N2OS2/c1-11-5-10-19-13(11)14(17)16-6-2-9-18-12-3-7-15-8-4-12/h3-5,7-8,10H,2,6,9H2,1H3,(H,16,17). The number of hydrogen-bond acceptors (Lipinski definition) is 4. The summed E-state index contributed by atoms with van der Waals surface area (Å²) in [5, 5.41) is 4.91. The van der Waals surface area contributed by atoms with Gasteiger partial charge in [0.1, 0.15) is 0 Å².